The van der Waals surface area contributed by atoms with E-state index in [0.29, 0.717) is 25.3 Å². The molecule has 0 bridgehead atoms. The van der Waals surface area contributed by atoms with Crippen LogP contribution in [0, 0.1) is 0 Å². The molecule has 1 aromatic carbocycles. The van der Waals surface area contributed by atoms with Gasteiger partial charge in [-0.1, -0.05) is 12.1 Å². The lowest BCUT2D eigenvalue weighted by atomic mass is 10.2. The number of halogens is 1. The predicted molar refractivity (Wildman–Crippen MR) is 75.3 cm³/mol. The van der Waals surface area contributed by atoms with E-state index in [1.807, 2.05) is 18.2 Å². The van der Waals surface area contributed by atoms with Crippen LogP contribution in [0.2, 0.25) is 0 Å². The first-order valence-corrected chi connectivity index (χ1v) is 6.80. The number of phenols is 1. The van der Waals surface area contributed by atoms with Crippen LogP contribution in [0.5, 0.6) is 5.75 Å². The van der Waals surface area contributed by atoms with Crippen molar-refractivity contribution in [1.29, 1.82) is 0 Å². The van der Waals surface area contributed by atoms with Crippen LogP contribution in [-0.2, 0) is 0 Å². The van der Waals surface area contributed by atoms with Crippen LogP contribution >= 0.6 is 0 Å². The molecule has 1 aliphatic rings. The van der Waals surface area contributed by atoms with Crippen LogP contribution in [0.3, 0.4) is 0 Å². The Hall–Kier alpha value is -1.33. The number of hydrogen-bond donors (Lipinski definition) is 2. The summed E-state index contributed by atoms with van der Waals surface area (Å²) >= 11 is 0. The second kappa shape index (κ2) is 6.73. The Bertz CT molecular complexity index is 394. The van der Waals surface area contributed by atoms with Gasteiger partial charge in [-0.25, -0.2) is 4.39 Å². The van der Waals surface area contributed by atoms with Crippen LogP contribution in [0.15, 0.2) is 24.3 Å². The summed E-state index contributed by atoms with van der Waals surface area (Å²) < 4.78 is 13.5. The second-order valence-corrected chi connectivity index (χ2v) is 4.95. The third kappa shape index (κ3) is 3.81. The molecule has 0 saturated carbocycles. The van der Waals surface area contributed by atoms with Crippen molar-refractivity contribution in [3.8, 4) is 5.75 Å². The summed E-state index contributed by atoms with van der Waals surface area (Å²) in [6, 6.07) is 7.34. The van der Waals surface area contributed by atoms with E-state index in [9.17, 15) is 9.50 Å². The molecule has 3 N–H and O–H groups in total. The average molecular weight is 267 g/mol. The first kappa shape index (κ1) is 14.1. The molecule has 0 aliphatic carbocycles. The van der Waals surface area contributed by atoms with Gasteiger partial charge in [0, 0.05) is 32.7 Å². The number of hydrogen-bond acceptors (Lipinski definition) is 4. The Labute approximate surface area is 113 Å². The Morgan fingerprint density at radius 1 is 1.21 bits per heavy atom. The molecule has 1 unspecified atom stereocenters. The topological polar surface area (TPSA) is 52.7 Å². The van der Waals surface area contributed by atoms with E-state index in [1.165, 1.54) is 0 Å². The van der Waals surface area contributed by atoms with Crippen molar-refractivity contribution in [3.05, 3.63) is 24.3 Å². The predicted octanol–water partition coefficient (Wildman–Crippen LogP) is 1.20. The number of anilines is 1. The normalized spacial score (nSPS) is 18.5. The van der Waals surface area contributed by atoms with E-state index in [1.54, 1.807) is 6.07 Å². The van der Waals surface area contributed by atoms with Gasteiger partial charge in [-0.05, 0) is 25.1 Å². The summed E-state index contributed by atoms with van der Waals surface area (Å²) in [5.41, 5.74) is 6.22. The molecule has 2 rings (SSSR count). The van der Waals surface area contributed by atoms with Crippen molar-refractivity contribution in [2.24, 2.45) is 5.73 Å². The van der Waals surface area contributed by atoms with Crippen molar-refractivity contribution in [3.63, 3.8) is 0 Å². The van der Waals surface area contributed by atoms with E-state index < -0.39 is 6.17 Å². The minimum absolute atomic E-state index is 0.308. The Balaban J connectivity index is 1.84. The number of benzene rings is 1. The Morgan fingerprint density at radius 3 is 2.53 bits per heavy atom. The summed E-state index contributed by atoms with van der Waals surface area (Å²) in [4.78, 5) is 4.26. The molecule has 19 heavy (non-hydrogen) atoms. The first-order chi connectivity index (χ1) is 9.20. The highest BCUT2D eigenvalue weighted by Gasteiger charge is 2.21. The average Bonchev–Trinajstić information content (AvgIpc) is 2.41. The third-order valence-electron chi connectivity index (χ3n) is 3.53. The largest absolute Gasteiger partial charge is 0.506 e. The zero-order chi connectivity index (χ0) is 13.7. The van der Waals surface area contributed by atoms with Gasteiger partial charge in [0.2, 0.25) is 0 Å². The molecule has 1 atom stereocenters. The maximum Gasteiger partial charge on any atom is 0.138 e. The van der Waals surface area contributed by atoms with Crippen LogP contribution < -0.4 is 10.6 Å². The highest BCUT2D eigenvalue weighted by Crippen LogP contribution is 2.27. The summed E-state index contributed by atoms with van der Waals surface area (Å²) in [5.74, 6) is 0.308. The number of piperazine rings is 1. The number of phenolic OH excluding ortho intramolecular Hbond substituents is 1. The summed E-state index contributed by atoms with van der Waals surface area (Å²) in [6.07, 6.45) is -0.402. The Morgan fingerprint density at radius 2 is 1.89 bits per heavy atom. The maximum atomic E-state index is 13.5. The van der Waals surface area contributed by atoms with E-state index in [2.05, 4.69) is 9.80 Å². The third-order valence-corrected chi connectivity index (χ3v) is 3.53. The smallest absolute Gasteiger partial charge is 0.138 e. The zero-order valence-electron chi connectivity index (χ0n) is 11.1. The number of alkyl halides is 1. The van der Waals surface area contributed by atoms with Crippen LogP contribution in [0.1, 0.15) is 6.42 Å². The molecule has 1 heterocycles. The van der Waals surface area contributed by atoms with Gasteiger partial charge in [0.1, 0.15) is 11.9 Å². The minimum atomic E-state index is -0.832. The maximum absolute atomic E-state index is 13.5. The van der Waals surface area contributed by atoms with Crippen molar-refractivity contribution >= 4 is 5.69 Å². The van der Waals surface area contributed by atoms with Crippen LogP contribution in [0.4, 0.5) is 10.1 Å². The number of rotatable bonds is 5. The lowest BCUT2D eigenvalue weighted by molar-refractivity contribution is 0.177. The fraction of sp³-hybridized carbons (Fsp3) is 0.571. The van der Waals surface area contributed by atoms with Crippen molar-refractivity contribution in [1.82, 2.24) is 4.90 Å². The lowest BCUT2D eigenvalue weighted by Crippen LogP contribution is -2.48. The summed E-state index contributed by atoms with van der Waals surface area (Å²) in [7, 11) is 0. The van der Waals surface area contributed by atoms with Gasteiger partial charge in [0.25, 0.3) is 0 Å². The number of nitrogens with zero attached hydrogens (tertiary/aromatic N) is 2. The van der Waals surface area contributed by atoms with Gasteiger partial charge >= 0.3 is 0 Å². The molecule has 0 amide bonds. The van der Waals surface area contributed by atoms with E-state index in [-0.39, 0.29) is 0 Å². The van der Waals surface area contributed by atoms with Gasteiger partial charge in [-0.2, -0.15) is 0 Å². The van der Waals surface area contributed by atoms with Gasteiger partial charge < -0.3 is 15.7 Å². The number of para-hydroxylation sites is 2. The molecule has 0 radical (unpaired) electrons. The van der Waals surface area contributed by atoms with Crippen molar-refractivity contribution in [2.75, 3.05) is 44.2 Å². The molecule has 0 aromatic heterocycles. The molecular weight excluding hydrogens is 245 g/mol. The second-order valence-electron chi connectivity index (χ2n) is 4.95. The fourth-order valence-corrected chi connectivity index (χ4v) is 2.46. The highest BCUT2D eigenvalue weighted by molar-refractivity contribution is 5.57. The number of nitrogens with two attached hydrogens (primary N) is 1. The van der Waals surface area contributed by atoms with Gasteiger partial charge in [0.15, 0.2) is 0 Å². The van der Waals surface area contributed by atoms with Crippen molar-refractivity contribution in [2.45, 2.75) is 12.6 Å². The summed E-state index contributed by atoms with van der Waals surface area (Å²) in [6.45, 7) is 4.13. The molecule has 1 fully saturated rings. The minimum Gasteiger partial charge on any atom is -0.506 e. The molecule has 1 saturated heterocycles. The van der Waals surface area contributed by atoms with Crippen LogP contribution in [-0.4, -0.2) is 55.4 Å². The quantitative estimate of drug-likeness (QED) is 0.842. The first-order valence-electron chi connectivity index (χ1n) is 6.80. The van der Waals surface area contributed by atoms with E-state index in [4.69, 9.17) is 5.73 Å². The van der Waals surface area contributed by atoms with Gasteiger partial charge in [0.05, 0.1) is 5.69 Å². The molecule has 1 aromatic rings. The molecule has 4 nitrogen and oxygen atoms in total. The molecule has 0 spiro atoms. The molecule has 1 aliphatic heterocycles. The lowest BCUT2D eigenvalue weighted by Gasteiger charge is -2.36. The van der Waals surface area contributed by atoms with E-state index >= 15 is 0 Å². The molecule has 5 heteroatoms. The van der Waals surface area contributed by atoms with Gasteiger partial charge in [-0.3, -0.25) is 4.90 Å². The monoisotopic (exact) mass is 267 g/mol. The van der Waals surface area contributed by atoms with Gasteiger partial charge in [-0.15, -0.1) is 0 Å². The Kier molecular flexibility index (Phi) is 4.99. The van der Waals surface area contributed by atoms with Crippen LogP contribution in [0.25, 0.3) is 0 Å². The number of aromatic hydroxyl groups is 1. The summed E-state index contributed by atoms with van der Waals surface area (Å²) in [5, 5.41) is 9.81. The van der Waals surface area contributed by atoms with Crippen molar-refractivity contribution < 1.29 is 9.50 Å². The standard InChI is InChI=1S/C14H22FN3O/c15-12(5-6-16)11-17-7-9-18(10-8-17)13-3-1-2-4-14(13)19/h1-4,12,19H,5-11,16H2. The van der Waals surface area contributed by atoms with E-state index in [0.717, 1.165) is 31.9 Å². The fourth-order valence-electron chi connectivity index (χ4n) is 2.46. The molecular formula is C14H22FN3O. The zero-order valence-corrected chi connectivity index (χ0v) is 11.1. The highest BCUT2D eigenvalue weighted by atomic mass is 19.1. The molecule has 106 valence electrons. The SMILES string of the molecule is NCCC(F)CN1CCN(c2ccccc2O)CC1.